The first-order valence-electron chi connectivity index (χ1n) is 11.0. The van der Waals surface area contributed by atoms with E-state index in [0.717, 1.165) is 17.5 Å². The number of hydrogen-bond donors (Lipinski definition) is 2. The Morgan fingerprint density at radius 2 is 1.68 bits per heavy atom. The quantitative estimate of drug-likeness (QED) is 0.326. The van der Waals surface area contributed by atoms with Crippen LogP contribution in [0.25, 0.3) is 11.0 Å². The van der Waals surface area contributed by atoms with Gasteiger partial charge in [-0.15, -0.1) is 0 Å². The van der Waals surface area contributed by atoms with Crippen molar-refractivity contribution in [1.82, 2.24) is 9.55 Å². The number of nitrogens with one attached hydrogen (secondary N) is 2. The van der Waals surface area contributed by atoms with Gasteiger partial charge >= 0.3 is 0 Å². The lowest BCUT2D eigenvalue weighted by atomic mass is 10.2. The molecular formula is C25H26N4O4S. The molecule has 0 spiro atoms. The molecule has 0 aliphatic rings. The van der Waals surface area contributed by atoms with Crippen LogP contribution in [0.2, 0.25) is 0 Å². The second-order valence-corrected chi connectivity index (χ2v) is 9.26. The van der Waals surface area contributed by atoms with Crippen molar-refractivity contribution in [3.8, 4) is 0 Å². The van der Waals surface area contributed by atoms with Gasteiger partial charge in [0.2, 0.25) is 5.95 Å². The minimum Gasteiger partial charge on any atom is -0.382 e. The van der Waals surface area contributed by atoms with Crippen molar-refractivity contribution in [2.45, 2.75) is 24.8 Å². The molecule has 4 aromatic rings. The van der Waals surface area contributed by atoms with Gasteiger partial charge in [-0.3, -0.25) is 14.8 Å². The summed E-state index contributed by atoms with van der Waals surface area (Å²) in [5, 5.41) is 2.86. The second kappa shape index (κ2) is 10.5. The van der Waals surface area contributed by atoms with Crippen molar-refractivity contribution in [2.24, 2.45) is 0 Å². The zero-order valence-corrected chi connectivity index (χ0v) is 19.6. The number of carbonyl (C=O) groups is 1. The van der Waals surface area contributed by atoms with Crippen LogP contribution in [0.1, 0.15) is 23.7 Å². The number of nitrogens with zero attached hydrogens (tertiary/aromatic N) is 2. The van der Waals surface area contributed by atoms with Gasteiger partial charge in [-0.05, 0) is 61.9 Å². The van der Waals surface area contributed by atoms with E-state index in [4.69, 9.17) is 4.74 Å². The number of hydrogen-bond acceptors (Lipinski definition) is 5. The fourth-order valence-electron chi connectivity index (χ4n) is 3.55. The molecule has 8 nitrogen and oxygen atoms in total. The molecule has 1 amide bonds. The number of aryl methyl sites for hydroxylation is 1. The molecule has 0 saturated heterocycles. The fourth-order valence-corrected chi connectivity index (χ4v) is 4.60. The number of aromatic nitrogens is 2. The molecule has 34 heavy (non-hydrogen) atoms. The van der Waals surface area contributed by atoms with Gasteiger partial charge in [0.05, 0.1) is 15.9 Å². The van der Waals surface area contributed by atoms with Crippen molar-refractivity contribution in [3.63, 3.8) is 0 Å². The maximum absolute atomic E-state index is 12.9. The molecule has 9 heteroatoms. The first kappa shape index (κ1) is 23.5. The van der Waals surface area contributed by atoms with Crippen LogP contribution in [-0.2, 0) is 21.3 Å². The van der Waals surface area contributed by atoms with Crippen LogP contribution in [0.15, 0.2) is 83.8 Å². The first-order valence-corrected chi connectivity index (χ1v) is 12.5. The van der Waals surface area contributed by atoms with Gasteiger partial charge in [0, 0.05) is 31.0 Å². The molecule has 1 aromatic heterocycles. The largest absolute Gasteiger partial charge is 0.382 e. The van der Waals surface area contributed by atoms with Crippen LogP contribution in [-0.4, -0.2) is 37.1 Å². The summed E-state index contributed by atoms with van der Waals surface area (Å²) < 4.78 is 35.2. The predicted octanol–water partition coefficient (Wildman–Crippen LogP) is 4.52. The number of rotatable bonds is 10. The third-order valence-electron chi connectivity index (χ3n) is 5.21. The topological polar surface area (TPSA) is 102 Å². The third kappa shape index (κ3) is 5.44. The molecule has 0 aliphatic carbocycles. The number of imidazole rings is 1. The highest BCUT2D eigenvalue weighted by Crippen LogP contribution is 2.21. The zero-order valence-electron chi connectivity index (χ0n) is 18.8. The van der Waals surface area contributed by atoms with Gasteiger partial charge in [0.1, 0.15) is 0 Å². The summed E-state index contributed by atoms with van der Waals surface area (Å²) in [6.45, 7) is 3.86. The van der Waals surface area contributed by atoms with Crippen LogP contribution in [0.4, 0.5) is 11.6 Å². The lowest BCUT2D eigenvalue weighted by Gasteiger charge is -2.11. The number of benzene rings is 3. The summed E-state index contributed by atoms with van der Waals surface area (Å²) in [6, 6.07) is 22.1. The smallest absolute Gasteiger partial charge is 0.261 e. The van der Waals surface area contributed by atoms with Crippen molar-refractivity contribution in [3.05, 3.63) is 84.4 Å². The van der Waals surface area contributed by atoms with Crippen LogP contribution < -0.4 is 10.0 Å². The molecule has 0 radical (unpaired) electrons. The number of para-hydroxylation sites is 3. The Hall–Kier alpha value is -3.69. The molecule has 1 heterocycles. The van der Waals surface area contributed by atoms with Gasteiger partial charge in [-0.2, -0.15) is 0 Å². The van der Waals surface area contributed by atoms with Crippen LogP contribution in [0.3, 0.4) is 0 Å². The highest BCUT2D eigenvalue weighted by Gasteiger charge is 2.17. The molecule has 3 aromatic carbocycles. The normalized spacial score (nSPS) is 11.4. The standard InChI is InChI=1S/C25H26N4O4S/c1-2-33-18-8-17-29-23-12-7-6-11-22(23)26-25(29)27-24(30)19-13-15-21(16-14-19)34(31,32)28-20-9-4-3-5-10-20/h3-7,9-16,28H,2,8,17-18H2,1H3,(H,26,27,30). The summed E-state index contributed by atoms with van der Waals surface area (Å²) in [5.41, 5.74) is 2.49. The first-order chi connectivity index (χ1) is 16.5. The number of fused-ring (bicyclic) bond motifs is 1. The Kier molecular flexibility index (Phi) is 7.24. The Labute approximate surface area is 198 Å². The molecule has 0 unspecified atom stereocenters. The molecule has 4 rings (SSSR count). The van der Waals surface area contributed by atoms with Gasteiger partial charge < -0.3 is 9.30 Å². The summed E-state index contributed by atoms with van der Waals surface area (Å²) >= 11 is 0. The average Bonchev–Trinajstić information content (AvgIpc) is 3.19. The number of sulfonamides is 1. The summed E-state index contributed by atoms with van der Waals surface area (Å²) in [4.78, 5) is 17.5. The Morgan fingerprint density at radius 3 is 2.41 bits per heavy atom. The second-order valence-electron chi connectivity index (χ2n) is 7.58. The summed E-state index contributed by atoms with van der Waals surface area (Å²) in [7, 11) is -3.76. The molecule has 0 fully saturated rings. The van der Waals surface area contributed by atoms with Crippen molar-refractivity contribution in [2.75, 3.05) is 23.3 Å². The molecule has 0 bridgehead atoms. The summed E-state index contributed by atoms with van der Waals surface area (Å²) in [5.74, 6) is 0.0615. The van der Waals surface area contributed by atoms with Crippen LogP contribution in [0, 0.1) is 0 Å². The SMILES string of the molecule is CCOCCCn1c(NC(=O)c2ccc(S(=O)(=O)Nc3ccccc3)cc2)nc2ccccc21. The lowest BCUT2D eigenvalue weighted by Crippen LogP contribution is -2.17. The molecule has 0 saturated carbocycles. The van der Waals surface area contributed by atoms with Gasteiger partial charge in [0.25, 0.3) is 15.9 Å². The van der Waals surface area contributed by atoms with E-state index >= 15 is 0 Å². The van der Waals surface area contributed by atoms with Gasteiger partial charge in [-0.25, -0.2) is 13.4 Å². The number of anilines is 2. The zero-order chi connectivity index (χ0) is 24.0. The van der Waals surface area contributed by atoms with Crippen molar-refractivity contribution >= 4 is 38.6 Å². The Balaban J connectivity index is 1.50. The number of amides is 1. The van der Waals surface area contributed by atoms with Crippen LogP contribution >= 0.6 is 0 Å². The predicted molar refractivity (Wildman–Crippen MR) is 132 cm³/mol. The molecule has 176 valence electrons. The number of ether oxygens (including phenoxy) is 1. The van der Waals surface area contributed by atoms with Gasteiger partial charge in [-0.1, -0.05) is 30.3 Å². The van der Waals surface area contributed by atoms with Crippen molar-refractivity contribution in [1.29, 1.82) is 0 Å². The van der Waals surface area contributed by atoms with E-state index in [2.05, 4.69) is 15.0 Å². The summed E-state index contributed by atoms with van der Waals surface area (Å²) in [6.07, 6.45) is 0.776. The van der Waals surface area contributed by atoms with E-state index in [1.165, 1.54) is 24.3 Å². The maximum Gasteiger partial charge on any atom is 0.261 e. The molecular weight excluding hydrogens is 452 g/mol. The molecule has 2 N–H and O–H groups in total. The molecule has 0 aliphatic heterocycles. The Bertz CT molecular complexity index is 1370. The van der Waals surface area contributed by atoms with E-state index in [-0.39, 0.29) is 10.8 Å². The van der Waals surface area contributed by atoms with E-state index in [0.29, 0.717) is 37.0 Å². The highest BCUT2D eigenvalue weighted by molar-refractivity contribution is 7.92. The van der Waals surface area contributed by atoms with E-state index in [9.17, 15) is 13.2 Å². The monoisotopic (exact) mass is 478 g/mol. The molecule has 0 atom stereocenters. The maximum atomic E-state index is 12.9. The lowest BCUT2D eigenvalue weighted by molar-refractivity contribution is 0.102. The minimum absolute atomic E-state index is 0.0658. The van der Waals surface area contributed by atoms with Crippen LogP contribution in [0.5, 0.6) is 0 Å². The fraction of sp³-hybridized carbons (Fsp3) is 0.200. The van der Waals surface area contributed by atoms with E-state index < -0.39 is 10.0 Å². The van der Waals surface area contributed by atoms with E-state index in [1.54, 1.807) is 30.3 Å². The van der Waals surface area contributed by atoms with Gasteiger partial charge in [0.15, 0.2) is 0 Å². The Morgan fingerprint density at radius 1 is 0.971 bits per heavy atom. The average molecular weight is 479 g/mol. The van der Waals surface area contributed by atoms with Crippen molar-refractivity contribution < 1.29 is 17.9 Å². The van der Waals surface area contributed by atoms with E-state index in [1.807, 2.05) is 35.8 Å². The highest BCUT2D eigenvalue weighted by atomic mass is 32.2. The third-order valence-corrected chi connectivity index (χ3v) is 6.60. The minimum atomic E-state index is -3.76. The number of carbonyl (C=O) groups excluding carboxylic acids is 1.